The van der Waals surface area contributed by atoms with Crippen molar-refractivity contribution in [2.24, 2.45) is 0 Å². The third-order valence-electron chi connectivity index (χ3n) is 4.35. The lowest BCUT2D eigenvalue weighted by Gasteiger charge is -2.15. The number of ether oxygens (including phenoxy) is 2. The van der Waals surface area contributed by atoms with Gasteiger partial charge in [-0.05, 0) is 38.5 Å². The van der Waals surface area contributed by atoms with Crippen LogP contribution in [0.15, 0.2) is 24.5 Å². The number of nitrogens with zero attached hydrogens (tertiary/aromatic N) is 2. The number of hydrogen-bond donors (Lipinski definition) is 2. The van der Waals surface area contributed by atoms with Crippen molar-refractivity contribution in [1.82, 2.24) is 9.97 Å². The first kappa shape index (κ1) is 16.6. The molecule has 2 N–H and O–H groups in total. The predicted octanol–water partition coefficient (Wildman–Crippen LogP) is 3.48. The van der Waals surface area contributed by atoms with Gasteiger partial charge in [0.1, 0.15) is 23.0 Å². The van der Waals surface area contributed by atoms with Crippen molar-refractivity contribution < 1.29 is 14.3 Å². The Hall–Kier alpha value is -2.87. The molecule has 1 amide bonds. The first-order chi connectivity index (χ1) is 12.5. The summed E-state index contributed by atoms with van der Waals surface area (Å²) >= 11 is 1.62. The van der Waals surface area contributed by atoms with Gasteiger partial charge in [0.25, 0.3) is 0 Å². The summed E-state index contributed by atoms with van der Waals surface area (Å²) in [5, 5.41) is 7.05. The molecule has 2 aromatic heterocycles. The maximum absolute atomic E-state index is 12.6. The number of hydrogen-bond acceptors (Lipinski definition) is 7. The second-order valence-electron chi connectivity index (χ2n) is 6.11. The molecule has 1 aliphatic rings. The topological polar surface area (TPSA) is 85.4 Å². The van der Waals surface area contributed by atoms with Gasteiger partial charge in [0, 0.05) is 16.6 Å². The minimum atomic E-state index is -0.474. The second kappa shape index (κ2) is 6.45. The molecular formula is C18H18N4O3S. The first-order valence-electron chi connectivity index (χ1n) is 8.20. The molecule has 0 radical (unpaired) electrons. The lowest BCUT2D eigenvalue weighted by Crippen LogP contribution is -2.32. The molecule has 3 heterocycles. The summed E-state index contributed by atoms with van der Waals surface area (Å²) in [5.41, 5.74) is 1.79. The number of nitrogens with one attached hydrogen (secondary N) is 2. The van der Waals surface area contributed by atoms with Crippen LogP contribution in [0.3, 0.4) is 0 Å². The van der Waals surface area contributed by atoms with Crippen LogP contribution in [0.4, 0.5) is 11.5 Å². The number of carbonyl (C=O) groups is 1. The van der Waals surface area contributed by atoms with Gasteiger partial charge in [-0.15, -0.1) is 11.3 Å². The quantitative estimate of drug-likeness (QED) is 0.731. The fourth-order valence-corrected chi connectivity index (χ4v) is 3.78. The molecule has 0 saturated carbocycles. The number of aromatic nitrogens is 2. The van der Waals surface area contributed by atoms with E-state index in [9.17, 15) is 4.79 Å². The van der Waals surface area contributed by atoms with Crippen molar-refractivity contribution >= 4 is 39.0 Å². The maximum Gasteiger partial charge on any atom is 0.246 e. The zero-order chi connectivity index (χ0) is 18.3. The largest absolute Gasteiger partial charge is 0.454 e. The molecule has 0 bridgehead atoms. The van der Waals surface area contributed by atoms with Gasteiger partial charge in [0.15, 0.2) is 11.5 Å². The van der Waals surface area contributed by atoms with Gasteiger partial charge in [-0.2, -0.15) is 0 Å². The van der Waals surface area contributed by atoms with Gasteiger partial charge in [-0.3, -0.25) is 4.79 Å². The Kier molecular flexibility index (Phi) is 4.12. The van der Waals surface area contributed by atoms with Crippen molar-refractivity contribution in [1.29, 1.82) is 0 Å². The SMILES string of the molecule is Cc1sc2ncnc(N[C@H](C)C(=O)Nc3ccc4c(c3)OCO4)c2c1C. The van der Waals surface area contributed by atoms with Crippen LogP contribution >= 0.6 is 11.3 Å². The molecule has 7 nitrogen and oxygen atoms in total. The van der Waals surface area contributed by atoms with E-state index in [4.69, 9.17) is 9.47 Å². The van der Waals surface area contributed by atoms with Crippen molar-refractivity contribution in [3.05, 3.63) is 35.0 Å². The van der Waals surface area contributed by atoms with Gasteiger partial charge >= 0.3 is 0 Å². The highest BCUT2D eigenvalue weighted by Gasteiger charge is 2.19. The molecule has 26 heavy (non-hydrogen) atoms. The summed E-state index contributed by atoms with van der Waals surface area (Å²) in [7, 11) is 0. The van der Waals surface area contributed by atoms with Crippen LogP contribution in [0.5, 0.6) is 11.5 Å². The monoisotopic (exact) mass is 370 g/mol. The van der Waals surface area contributed by atoms with E-state index in [0.717, 1.165) is 15.8 Å². The van der Waals surface area contributed by atoms with Gasteiger partial charge in [-0.25, -0.2) is 9.97 Å². The molecule has 0 saturated heterocycles. The highest BCUT2D eigenvalue weighted by Crippen LogP contribution is 2.35. The number of fused-ring (bicyclic) bond motifs is 2. The number of thiophene rings is 1. The molecule has 4 rings (SSSR count). The van der Waals surface area contributed by atoms with Gasteiger partial charge < -0.3 is 20.1 Å². The summed E-state index contributed by atoms with van der Waals surface area (Å²) in [6, 6.07) is 4.84. The normalized spacial score (nSPS) is 13.7. The molecule has 0 aliphatic carbocycles. The summed E-state index contributed by atoms with van der Waals surface area (Å²) in [6.07, 6.45) is 1.52. The Morgan fingerprint density at radius 3 is 2.88 bits per heavy atom. The summed E-state index contributed by atoms with van der Waals surface area (Å²) < 4.78 is 10.6. The van der Waals surface area contributed by atoms with E-state index in [1.54, 1.807) is 36.5 Å². The Morgan fingerprint density at radius 2 is 2.04 bits per heavy atom. The van der Waals surface area contributed by atoms with E-state index in [0.29, 0.717) is 23.0 Å². The fraction of sp³-hybridized carbons (Fsp3) is 0.278. The lowest BCUT2D eigenvalue weighted by molar-refractivity contribution is -0.116. The zero-order valence-electron chi connectivity index (χ0n) is 14.6. The van der Waals surface area contributed by atoms with Crippen LogP contribution in [0, 0.1) is 13.8 Å². The number of carbonyl (C=O) groups excluding carboxylic acids is 1. The van der Waals surface area contributed by atoms with E-state index in [1.807, 2.05) is 6.92 Å². The Morgan fingerprint density at radius 1 is 1.23 bits per heavy atom. The van der Waals surface area contributed by atoms with Gasteiger partial charge in [0.2, 0.25) is 12.7 Å². The van der Waals surface area contributed by atoms with E-state index < -0.39 is 6.04 Å². The molecule has 1 aliphatic heterocycles. The summed E-state index contributed by atoms with van der Waals surface area (Å²) in [5.74, 6) is 1.82. The molecule has 0 unspecified atom stereocenters. The Bertz CT molecular complexity index is 1000. The van der Waals surface area contributed by atoms with Gasteiger partial charge in [-0.1, -0.05) is 0 Å². The summed E-state index contributed by atoms with van der Waals surface area (Å²) in [4.78, 5) is 23.3. The molecule has 3 aromatic rings. The minimum Gasteiger partial charge on any atom is -0.454 e. The average Bonchev–Trinajstić information content (AvgIpc) is 3.19. The molecule has 8 heteroatoms. The van der Waals surface area contributed by atoms with Crippen LogP contribution < -0.4 is 20.1 Å². The number of benzene rings is 1. The summed E-state index contributed by atoms with van der Waals surface area (Å²) in [6.45, 7) is 6.10. The van der Waals surface area contributed by atoms with E-state index in [2.05, 4.69) is 27.5 Å². The van der Waals surface area contributed by atoms with Crippen LogP contribution in [-0.2, 0) is 4.79 Å². The third kappa shape index (κ3) is 2.92. The van der Waals surface area contributed by atoms with Crippen molar-refractivity contribution in [2.45, 2.75) is 26.8 Å². The zero-order valence-corrected chi connectivity index (χ0v) is 15.4. The molecule has 134 valence electrons. The van der Waals surface area contributed by atoms with Crippen molar-refractivity contribution in [3.63, 3.8) is 0 Å². The first-order valence-corrected chi connectivity index (χ1v) is 9.02. The van der Waals surface area contributed by atoms with Crippen LogP contribution in [0.1, 0.15) is 17.4 Å². The highest BCUT2D eigenvalue weighted by atomic mass is 32.1. The molecule has 0 fully saturated rings. The van der Waals surface area contributed by atoms with Crippen LogP contribution in [0.2, 0.25) is 0 Å². The van der Waals surface area contributed by atoms with E-state index in [-0.39, 0.29) is 12.7 Å². The standard InChI is InChI=1S/C18H18N4O3S/c1-9-11(3)26-18-15(9)16(19-7-20-18)21-10(2)17(23)22-12-4-5-13-14(6-12)25-8-24-13/h4-7,10H,8H2,1-3H3,(H,22,23)(H,19,20,21)/t10-/m1/s1. The number of rotatable bonds is 4. The predicted molar refractivity (Wildman–Crippen MR) is 101 cm³/mol. The minimum absolute atomic E-state index is 0.166. The molecule has 0 spiro atoms. The third-order valence-corrected chi connectivity index (χ3v) is 5.47. The number of aryl methyl sites for hydroxylation is 2. The van der Waals surface area contributed by atoms with Crippen LogP contribution in [0.25, 0.3) is 10.2 Å². The number of anilines is 2. The second-order valence-corrected chi connectivity index (χ2v) is 7.31. The smallest absolute Gasteiger partial charge is 0.246 e. The van der Waals surface area contributed by atoms with Crippen LogP contribution in [-0.4, -0.2) is 28.7 Å². The van der Waals surface area contributed by atoms with Gasteiger partial charge in [0.05, 0.1) is 5.39 Å². The van der Waals surface area contributed by atoms with Crippen molar-refractivity contribution in [3.8, 4) is 11.5 Å². The Balaban J connectivity index is 1.51. The van der Waals surface area contributed by atoms with Crippen molar-refractivity contribution in [2.75, 3.05) is 17.4 Å². The van der Waals surface area contributed by atoms with E-state index in [1.165, 1.54) is 11.2 Å². The Labute approximate surface area is 154 Å². The molecule has 1 atom stereocenters. The molecular weight excluding hydrogens is 352 g/mol. The average molecular weight is 370 g/mol. The maximum atomic E-state index is 12.6. The fourth-order valence-electron chi connectivity index (χ4n) is 2.79. The highest BCUT2D eigenvalue weighted by molar-refractivity contribution is 7.18. The molecule has 1 aromatic carbocycles. The number of amides is 1. The lowest BCUT2D eigenvalue weighted by atomic mass is 10.2. The van der Waals surface area contributed by atoms with E-state index >= 15 is 0 Å².